The maximum atomic E-state index is 10.8. The van der Waals surface area contributed by atoms with Crippen LogP contribution in [0.2, 0.25) is 4.34 Å². The van der Waals surface area contributed by atoms with E-state index in [-0.39, 0.29) is 12.5 Å². The molecule has 3 nitrogen and oxygen atoms in total. The van der Waals surface area contributed by atoms with Crippen LogP contribution in [0.4, 0.5) is 0 Å². The Bertz CT molecular complexity index is 404. The monoisotopic (exact) mass is 337 g/mol. The average Bonchev–Trinajstić information content (AvgIpc) is 2.76. The highest BCUT2D eigenvalue weighted by Gasteiger charge is 2.26. The summed E-state index contributed by atoms with van der Waals surface area (Å²) >= 11 is 10.9. The molecule has 1 aliphatic rings. The Morgan fingerprint density at radius 3 is 3.06 bits per heavy atom. The van der Waals surface area contributed by atoms with Gasteiger partial charge in [0.15, 0.2) is 0 Å². The van der Waals surface area contributed by atoms with Crippen molar-refractivity contribution in [2.45, 2.75) is 31.8 Å². The smallest absolute Gasteiger partial charge is 0.304 e. The number of halogens is 2. The minimum absolute atomic E-state index is 0.173. The average molecular weight is 339 g/mol. The van der Waals surface area contributed by atoms with Crippen LogP contribution in [0, 0.1) is 0 Å². The number of hydrogen-bond donors (Lipinski definition) is 1. The first-order chi connectivity index (χ1) is 8.06. The van der Waals surface area contributed by atoms with E-state index in [4.69, 9.17) is 16.7 Å². The van der Waals surface area contributed by atoms with E-state index in [1.165, 1.54) is 4.88 Å². The van der Waals surface area contributed by atoms with Gasteiger partial charge in [0, 0.05) is 21.9 Å². The zero-order chi connectivity index (χ0) is 12.4. The van der Waals surface area contributed by atoms with Gasteiger partial charge >= 0.3 is 5.97 Å². The molecule has 1 aliphatic heterocycles. The molecule has 1 aromatic rings. The van der Waals surface area contributed by atoms with Gasteiger partial charge in [-0.25, -0.2) is 0 Å². The molecule has 1 N–H and O–H groups in total. The van der Waals surface area contributed by atoms with Gasteiger partial charge in [-0.15, -0.1) is 11.3 Å². The lowest BCUT2D eigenvalue weighted by atomic mass is 10.1. The molecule has 6 heteroatoms. The van der Waals surface area contributed by atoms with Crippen molar-refractivity contribution in [2.24, 2.45) is 0 Å². The standard InChI is InChI=1S/C11H13BrClNO2S/c12-9-5-8(17-11(9)13)6-14-3-1-2-7(14)4-10(15)16/h5,7H,1-4,6H2,(H,15,16). The summed E-state index contributed by atoms with van der Waals surface area (Å²) in [6, 6.07) is 2.19. The van der Waals surface area contributed by atoms with Gasteiger partial charge in [0.1, 0.15) is 4.34 Å². The van der Waals surface area contributed by atoms with E-state index < -0.39 is 5.97 Å². The quantitative estimate of drug-likeness (QED) is 0.912. The highest BCUT2D eigenvalue weighted by Crippen LogP contribution is 2.34. The Balaban J connectivity index is 2.00. The van der Waals surface area contributed by atoms with Crippen LogP contribution in [-0.2, 0) is 11.3 Å². The highest BCUT2D eigenvalue weighted by molar-refractivity contribution is 9.10. The molecule has 17 heavy (non-hydrogen) atoms. The minimum Gasteiger partial charge on any atom is -0.481 e. The van der Waals surface area contributed by atoms with Crippen LogP contribution in [0.1, 0.15) is 24.1 Å². The van der Waals surface area contributed by atoms with E-state index >= 15 is 0 Å². The second-order valence-electron chi connectivity index (χ2n) is 4.20. The third-order valence-corrected chi connectivity index (χ3v) is 5.42. The van der Waals surface area contributed by atoms with Crippen molar-refractivity contribution in [3.05, 3.63) is 19.8 Å². The molecular weight excluding hydrogens is 326 g/mol. The molecule has 0 amide bonds. The predicted molar refractivity (Wildman–Crippen MR) is 72.7 cm³/mol. The normalized spacial score (nSPS) is 20.9. The summed E-state index contributed by atoms with van der Waals surface area (Å²) < 4.78 is 1.68. The molecule has 0 saturated carbocycles. The van der Waals surface area contributed by atoms with Crippen LogP contribution in [0.5, 0.6) is 0 Å². The fraction of sp³-hybridized carbons (Fsp3) is 0.545. The van der Waals surface area contributed by atoms with Gasteiger partial charge in [-0.1, -0.05) is 11.6 Å². The number of aliphatic carboxylic acids is 1. The van der Waals surface area contributed by atoms with Crippen molar-refractivity contribution in [1.82, 2.24) is 4.90 Å². The van der Waals surface area contributed by atoms with Gasteiger partial charge in [-0.3, -0.25) is 9.69 Å². The molecule has 2 rings (SSSR count). The molecule has 0 radical (unpaired) electrons. The lowest BCUT2D eigenvalue weighted by Crippen LogP contribution is -2.30. The lowest BCUT2D eigenvalue weighted by Gasteiger charge is -2.22. The Hall–Kier alpha value is -0.100. The first-order valence-electron chi connectivity index (χ1n) is 5.46. The van der Waals surface area contributed by atoms with Crippen molar-refractivity contribution in [3.8, 4) is 0 Å². The molecule has 0 aromatic carbocycles. The molecule has 1 aromatic heterocycles. The maximum absolute atomic E-state index is 10.8. The molecular formula is C11H13BrClNO2S. The van der Waals surface area contributed by atoms with Crippen LogP contribution in [0.3, 0.4) is 0 Å². The van der Waals surface area contributed by atoms with Gasteiger partial charge in [0.2, 0.25) is 0 Å². The number of rotatable bonds is 4. The Morgan fingerprint density at radius 1 is 1.71 bits per heavy atom. The van der Waals surface area contributed by atoms with E-state index in [9.17, 15) is 4.79 Å². The van der Waals surface area contributed by atoms with Crippen LogP contribution in [-0.4, -0.2) is 28.6 Å². The molecule has 1 unspecified atom stereocenters. The van der Waals surface area contributed by atoms with Crippen molar-refractivity contribution in [3.63, 3.8) is 0 Å². The summed E-state index contributed by atoms with van der Waals surface area (Å²) in [5, 5.41) is 8.85. The van der Waals surface area contributed by atoms with E-state index in [0.717, 1.165) is 34.7 Å². The number of nitrogens with zero attached hydrogens (tertiary/aromatic N) is 1. The molecule has 1 saturated heterocycles. The third kappa shape index (κ3) is 3.44. The summed E-state index contributed by atoms with van der Waals surface area (Å²) in [7, 11) is 0. The number of likely N-dealkylation sites (tertiary alicyclic amines) is 1. The molecule has 0 bridgehead atoms. The van der Waals surface area contributed by atoms with Crippen LogP contribution < -0.4 is 0 Å². The molecule has 94 valence electrons. The Morgan fingerprint density at radius 2 is 2.47 bits per heavy atom. The third-order valence-electron chi connectivity index (χ3n) is 2.96. The summed E-state index contributed by atoms with van der Waals surface area (Å²) in [6.07, 6.45) is 2.30. The molecule has 1 fully saturated rings. The number of carboxylic acid groups (broad SMARTS) is 1. The molecule has 0 aliphatic carbocycles. The first kappa shape index (κ1) is 13.3. The first-order valence-corrected chi connectivity index (χ1v) is 7.44. The zero-order valence-electron chi connectivity index (χ0n) is 9.16. The van der Waals surface area contributed by atoms with E-state index in [2.05, 4.69) is 20.8 Å². The second-order valence-corrected chi connectivity index (χ2v) is 6.79. The SMILES string of the molecule is O=C(O)CC1CCCN1Cc1cc(Br)c(Cl)s1. The molecule has 2 heterocycles. The summed E-state index contributed by atoms with van der Waals surface area (Å²) in [5.41, 5.74) is 0. The topological polar surface area (TPSA) is 40.5 Å². The van der Waals surface area contributed by atoms with Gasteiger partial charge in [0.25, 0.3) is 0 Å². The highest BCUT2D eigenvalue weighted by atomic mass is 79.9. The summed E-state index contributed by atoms with van der Waals surface area (Å²) in [4.78, 5) is 14.2. The summed E-state index contributed by atoms with van der Waals surface area (Å²) in [6.45, 7) is 1.78. The molecule has 0 spiro atoms. The lowest BCUT2D eigenvalue weighted by molar-refractivity contribution is -0.138. The fourth-order valence-electron chi connectivity index (χ4n) is 2.21. The van der Waals surface area contributed by atoms with Gasteiger partial charge in [-0.05, 0) is 41.4 Å². The van der Waals surface area contributed by atoms with Gasteiger partial charge in [-0.2, -0.15) is 0 Å². The zero-order valence-corrected chi connectivity index (χ0v) is 12.3. The van der Waals surface area contributed by atoms with Crippen molar-refractivity contribution in [2.75, 3.05) is 6.54 Å². The van der Waals surface area contributed by atoms with Gasteiger partial charge in [0.05, 0.1) is 6.42 Å². The van der Waals surface area contributed by atoms with Crippen LogP contribution in [0.15, 0.2) is 10.5 Å². The predicted octanol–water partition coefficient (Wildman–Crippen LogP) is 3.60. The van der Waals surface area contributed by atoms with E-state index in [0.29, 0.717) is 0 Å². The van der Waals surface area contributed by atoms with Crippen molar-refractivity contribution < 1.29 is 9.90 Å². The van der Waals surface area contributed by atoms with Crippen molar-refractivity contribution in [1.29, 1.82) is 0 Å². The fourth-order valence-corrected chi connectivity index (χ4v) is 4.02. The van der Waals surface area contributed by atoms with Gasteiger partial charge < -0.3 is 5.11 Å². The van der Waals surface area contributed by atoms with Crippen LogP contribution >= 0.6 is 38.9 Å². The Kier molecular flexibility index (Phi) is 4.47. The van der Waals surface area contributed by atoms with Crippen LogP contribution in [0.25, 0.3) is 0 Å². The number of carboxylic acids is 1. The molecule has 1 atom stereocenters. The Labute approximate surface area is 118 Å². The second kappa shape index (κ2) is 5.69. The summed E-state index contributed by atoms with van der Waals surface area (Å²) in [5.74, 6) is -0.715. The number of thiophene rings is 1. The maximum Gasteiger partial charge on any atom is 0.304 e. The van der Waals surface area contributed by atoms with E-state index in [1.54, 1.807) is 11.3 Å². The largest absolute Gasteiger partial charge is 0.481 e. The van der Waals surface area contributed by atoms with Crippen molar-refractivity contribution >= 4 is 44.8 Å². The van der Waals surface area contributed by atoms with E-state index in [1.807, 2.05) is 6.07 Å². The number of hydrogen-bond acceptors (Lipinski definition) is 3. The number of carbonyl (C=O) groups is 1. The minimum atomic E-state index is -0.715.